The van der Waals surface area contributed by atoms with Gasteiger partial charge in [-0.15, -0.1) is 0 Å². The highest BCUT2D eigenvalue weighted by molar-refractivity contribution is 7.89. The first kappa shape index (κ1) is 19.5. The first-order valence-corrected chi connectivity index (χ1v) is 10.5. The summed E-state index contributed by atoms with van der Waals surface area (Å²) in [5.74, 6) is 0. The van der Waals surface area contributed by atoms with Crippen molar-refractivity contribution < 1.29 is 8.42 Å². The van der Waals surface area contributed by atoms with Crippen molar-refractivity contribution in [1.82, 2.24) is 9.71 Å². The second kappa shape index (κ2) is 8.21. The Balaban J connectivity index is 1.93. The molecule has 3 rings (SSSR count). The SMILES string of the molecule is Cc1ccc(S(=O)(=O)NC(Cc2cccc(C)n2)c2ccc(Cl)cc2)cc1. The predicted molar refractivity (Wildman–Crippen MR) is 108 cm³/mol. The Labute approximate surface area is 165 Å². The Morgan fingerprint density at radius 1 is 0.963 bits per heavy atom. The van der Waals surface area contributed by atoms with Crippen LogP contribution in [0.3, 0.4) is 0 Å². The van der Waals surface area contributed by atoms with Crippen molar-refractivity contribution in [3.8, 4) is 0 Å². The van der Waals surface area contributed by atoms with E-state index in [-0.39, 0.29) is 4.90 Å². The molecule has 1 N–H and O–H groups in total. The molecule has 140 valence electrons. The number of pyridine rings is 1. The van der Waals surface area contributed by atoms with Crippen LogP contribution in [0.2, 0.25) is 5.02 Å². The van der Waals surface area contributed by atoms with Gasteiger partial charge in [-0.05, 0) is 55.8 Å². The van der Waals surface area contributed by atoms with E-state index < -0.39 is 16.1 Å². The van der Waals surface area contributed by atoms with Gasteiger partial charge in [0.15, 0.2) is 0 Å². The Hall–Kier alpha value is -2.21. The summed E-state index contributed by atoms with van der Waals surface area (Å²) in [6.45, 7) is 3.83. The van der Waals surface area contributed by atoms with Crippen LogP contribution in [0.15, 0.2) is 71.6 Å². The zero-order valence-corrected chi connectivity index (χ0v) is 16.8. The summed E-state index contributed by atoms with van der Waals surface area (Å²) in [4.78, 5) is 4.75. The van der Waals surface area contributed by atoms with Crippen molar-refractivity contribution in [3.05, 3.63) is 94.3 Å². The van der Waals surface area contributed by atoms with Gasteiger partial charge in [-0.2, -0.15) is 0 Å². The molecule has 0 saturated carbocycles. The average molecular weight is 401 g/mol. The molecule has 0 aliphatic rings. The minimum Gasteiger partial charge on any atom is -0.258 e. The van der Waals surface area contributed by atoms with E-state index in [0.717, 1.165) is 22.5 Å². The van der Waals surface area contributed by atoms with Crippen molar-refractivity contribution in [2.75, 3.05) is 0 Å². The summed E-state index contributed by atoms with van der Waals surface area (Å²) < 4.78 is 28.6. The zero-order valence-electron chi connectivity index (χ0n) is 15.2. The largest absolute Gasteiger partial charge is 0.258 e. The fourth-order valence-electron chi connectivity index (χ4n) is 2.82. The van der Waals surface area contributed by atoms with Gasteiger partial charge in [-0.25, -0.2) is 13.1 Å². The lowest BCUT2D eigenvalue weighted by Gasteiger charge is -2.19. The predicted octanol–water partition coefficient (Wildman–Crippen LogP) is 4.61. The third-order valence-electron chi connectivity index (χ3n) is 4.26. The maximum atomic E-state index is 12.9. The standard InChI is InChI=1S/C21H21ClN2O2S/c1-15-6-12-20(13-7-15)27(25,26)24-21(17-8-10-18(22)11-9-17)14-19-5-3-4-16(2)23-19/h3-13,21,24H,14H2,1-2H3. The summed E-state index contributed by atoms with van der Waals surface area (Å²) in [6.07, 6.45) is 0.439. The number of sulfonamides is 1. The van der Waals surface area contributed by atoms with Crippen LogP contribution in [0.1, 0.15) is 28.6 Å². The monoisotopic (exact) mass is 400 g/mol. The van der Waals surface area contributed by atoms with E-state index in [4.69, 9.17) is 11.6 Å². The van der Waals surface area contributed by atoms with Crippen LogP contribution in [0.25, 0.3) is 0 Å². The molecule has 0 amide bonds. The third kappa shape index (κ3) is 5.16. The van der Waals surface area contributed by atoms with Gasteiger partial charge in [-0.1, -0.05) is 47.5 Å². The number of aromatic nitrogens is 1. The van der Waals surface area contributed by atoms with Crippen molar-refractivity contribution in [1.29, 1.82) is 0 Å². The second-order valence-electron chi connectivity index (χ2n) is 6.51. The van der Waals surface area contributed by atoms with Gasteiger partial charge in [0.1, 0.15) is 0 Å². The zero-order chi connectivity index (χ0) is 19.4. The molecule has 0 aliphatic carbocycles. The first-order chi connectivity index (χ1) is 12.8. The van der Waals surface area contributed by atoms with E-state index in [1.54, 1.807) is 36.4 Å². The van der Waals surface area contributed by atoms with Crippen molar-refractivity contribution in [2.45, 2.75) is 31.2 Å². The molecule has 0 spiro atoms. The van der Waals surface area contributed by atoms with E-state index in [9.17, 15) is 8.42 Å². The summed E-state index contributed by atoms with van der Waals surface area (Å²) in [5.41, 5.74) is 3.55. The topological polar surface area (TPSA) is 59.1 Å². The number of hydrogen-bond donors (Lipinski definition) is 1. The molecule has 1 atom stereocenters. The van der Waals surface area contributed by atoms with Crippen LogP contribution in [-0.2, 0) is 16.4 Å². The molecule has 4 nitrogen and oxygen atoms in total. The smallest absolute Gasteiger partial charge is 0.241 e. The fourth-order valence-corrected chi connectivity index (χ4v) is 4.17. The van der Waals surface area contributed by atoms with Crippen molar-refractivity contribution >= 4 is 21.6 Å². The van der Waals surface area contributed by atoms with E-state index in [1.807, 2.05) is 44.2 Å². The van der Waals surface area contributed by atoms with Crippen LogP contribution in [0.4, 0.5) is 0 Å². The molecule has 0 saturated heterocycles. The Morgan fingerprint density at radius 3 is 2.26 bits per heavy atom. The highest BCUT2D eigenvalue weighted by Crippen LogP contribution is 2.23. The van der Waals surface area contributed by atoms with Crippen molar-refractivity contribution in [2.24, 2.45) is 0 Å². The molecule has 2 aromatic carbocycles. The molecule has 0 radical (unpaired) electrons. The Morgan fingerprint density at radius 2 is 1.63 bits per heavy atom. The van der Waals surface area contributed by atoms with Gasteiger partial charge in [0.2, 0.25) is 10.0 Å². The third-order valence-corrected chi connectivity index (χ3v) is 6.00. The maximum absolute atomic E-state index is 12.9. The summed E-state index contributed by atoms with van der Waals surface area (Å²) in [6, 6.07) is 19.3. The van der Waals surface area contributed by atoms with E-state index in [2.05, 4.69) is 9.71 Å². The number of halogens is 1. The Bertz CT molecular complexity index is 1020. The van der Waals surface area contributed by atoms with Crippen LogP contribution >= 0.6 is 11.6 Å². The lowest BCUT2D eigenvalue weighted by Crippen LogP contribution is -2.30. The minimum absolute atomic E-state index is 0.240. The van der Waals surface area contributed by atoms with E-state index in [0.29, 0.717) is 11.4 Å². The van der Waals surface area contributed by atoms with Crippen LogP contribution in [0.5, 0.6) is 0 Å². The molecular formula is C21H21ClN2O2S. The van der Waals surface area contributed by atoms with Crippen LogP contribution < -0.4 is 4.72 Å². The number of benzene rings is 2. The number of aryl methyl sites for hydroxylation is 2. The highest BCUT2D eigenvalue weighted by Gasteiger charge is 2.22. The molecule has 1 heterocycles. The molecule has 1 unspecified atom stereocenters. The van der Waals surface area contributed by atoms with Gasteiger partial charge in [0.25, 0.3) is 0 Å². The van der Waals surface area contributed by atoms with E-state index >= 15 is 0 Å². The highest BCUT2D eigenvalue weighted by atomic mass is 35.5. The molecular weight excluding hydrogens is 380 g/mol. The second-order valence-corrected chi connectivity index (χ2v) is 8.66. The average Bonchev–Trinajstić information content (AvgIpc) is 2.62. The number of nitrogens with zero attached hydrogens (tertiary/aromatic N) is 1. The van der Waals surface area contributed by atoms with Crippen molar-refractivity contribution in [3.63, 3.8) is 0 Å². The molecule has 6 heteroatoms. The lowest BCUT2D eigenvalue weighted by molar-refractivity contribution is 0.552. The summed E-state index contributed by atoms with van der Waals surface area (Å²) in [7, 11) is -3.68. The molecule has 1 aromatic heterocycles. The molecule has 3 aromatic rings. The molecule has 0 fully saturated rings. The lowest BCUT2D eigenvalue weighted by atomic mass is 10.0. The number of nitrogens with one attached hydrogen (secondary N) is 1. The van der Waals surface area contributed by atoms with Gasteiger partial charge < -0.3 is 0 Å². The van der Waals surface area contributed by atoms with Crippen LogP contribution in [-0.4, -0.2) is 13.4 Å². The normalized spacial score (nSPS) is 12.7. The van der Waals surface area contributed by atoms with E-state index in [1.165, 1.54) is 0 Å². The number of rotatable bonds is 6. The number of hydrogen-bond acceptors (Lipinski definition) is 3. The van der Waals surface area contributed by atoms with Gasteiger partial charge in [-0.3, -0.25) is 4.98 Å². The first-order valence-electron chi connectivity index (χ1n) is 8.60. The Kier molecular flexibility index (Phi) is 5.95. The summed E-state index contributed by atoms with van der Waals surface area (Å²) >= 11 is 5.99. The minimum atomic E-state index is -3.68. The van der Waals surface area contributed by atoms with Gasteiger partial charge in [0, 0.05) is 22.8 Å². The fraction of sp³-hybridized carbons (Fsp3) is 0.190. The van der Waals surface area contributed by atoms with Crippen LogP contribution in [0, 0.1) is 13.8 Å². The summed E-state index contributed by atoms with van der Waals surface area (Å²) in [5, 5.41) is 0.604. The molecule has 0 bridgehead atoms. The van der Waals surface area contributed by atoms with Gasteiger partial charge in [0.05, 0.1) is 10.9 Å². The maximum Gasteiger partial charge on any atom is 0.241 e. The molecule has 0 aliphatic heterocycles. The van der Waals surface area contributed by atoms with Gasteiger partial charge >= 0.3 is 0 Å². The quantitative estimate of drug-likeness (QED) is 0.657. The molecule has 27 heavy (non-hydrogen) atoms.